The van der Waals surface area contributed by atoms with E-state index in [2.05, 4.69) is 26.0 Å². The summed E-state index contributed by atoms with van der Waals surface area (Å²) < 4.78 is 45.9. The highest BCUT2D eigenvalue weighted by atomic mass is 79.9. The lowest BCUT2D eigenvalue weighted by atomic mass is 9.97. The molecule has 0 spiro atoms. The number of unbranched alkanes of at least 4 members (excludes halogenated alkanes) is 1. The first-order valence-electron chi connectivity index (χ1n) is 8.84. The first-order chi connectivity index (χ1) is 13.3. The minimum atomic E-state index is -4.54. The van der Waals surface area contributed by atoms with Gasteiger partial charge < -0.3 is 4.74 Å². The largest absolute Gasteiger partial charge is 0.499 e. The smallest absolute Gasteiger partial charge is 0.433 e. The van der Waals surface area contributed by atoms with Crippen LogP contribution in [0, 0.1) is 0 Å². The SMILES string of the molecule is COC1=c2nc(C(F)(F)F)ccc2=C(c2ccc(=O)n(CCCCBr)n2)CC1. The summed E-state index contributed by atoms with van der Waals surface area (Å²) in [4.78, 5) is 15.9. The van der Waals surface area contributed by atoms with E-state index in [4.69, 9.17) is 4.74 Å². The maximum absolute atomic E-state index is 13.1. The molecule has 0 aromatic carbocycles. The molecule has 0 amide bonds. The molecule has 1 aliphatic carbocycles. The number of pyridine rings is 1. The van der Waals surface area contributed by atoms with Crippen LogP contribution in [0.3, 0.4) is 0 Å². The Morgan fingerprint density at radius 3 is 2.64 bits per heavy atom. The van der Waals surface area contributed by atoms with E-state index in [1.807, 2.05) is 0 Å². The van der Waals surface area contributed by atoms with E-state index in [0.29, 0.717) is 36.1 Å². The van der Waals surface area contributed by atoms with E-state index < -0.39 is 11.9 Å². The lowest BCUT2D eigenvalue weighted by molar-refractivity contribution is -0.141. The van der Waals surface area contributed by atoms with Crippen LogP contribution in [0.1, 0.15) is 37.1 Å². The molecular weight excluding hydrogens is 439 g/mol. The van der Waals surface area contributed by atoms with Crippen molar-refractivity contribution in [1.82, 2.24) is 14.8 Å². The summed E-state index contributed by atoms with van der Waals surface area (Å²) in [7, 11) is 1.42. The maximum Gasteiger partial charge on any atom is 0.433 e. The zero-order valence-corrected chi connectivity index (χ0v) is 16.8. The van der Waals surface area contributed by atoms with Gasteiger partial charge >= 0.3 is 6.18 Å². The van der Waals surface area contributed by atoms with E-state index in [1.54, 1.807) is 6.07 Å². The first-order valence-corrected chi connectivity index (χ1v) is 9.96. The first kappa shape index (κ1) is 20.6. The lowest BCUT2D eigenvalue weighted by Gasteiger charge is -2.17. The molecule has 9 heteroatoms. The molecular formula is C19H19BrF3N3O2. The molecule has 0 unspecified atom stereocenters. The van der Waals surface area contributed by atoms with Crippen molar-refractivity contribution in [2.24, 2.45) is 0 Å². The van der Waals surface area contributed by atoms with Gasteiger partial charge in [0.05, 0.1) is 12.8 Å². The van der Waals surface area contributed by atoms with Crippen LogP contribution in [-0.4, -0.2) is 27.2 Å². The Balaban J connectivity index is 2.16. The molecule has 0 fully saturated rings. The fraction of sp³-hybridized carbons (Fsp3) is 0.421. The summed E-state index contributed by atoms with van der Waals surface area (Å²) in [5, 5.41) is 6.01. The number of aromatic nitrogens is 3. The molecule has 5 nitrogen and oxygen atoms in total. The monoisotopic (exact) mass is 457 g/mol. The fourth-order valence-corrected chi connectivity index (χ4v) is 3.55. The molecule has 2 aromatic rings. The van der Waals surface area contributed by atoms with Crippen LogP contribution in [0.25, 0.3) is 11.3 Å². The van der Waals surface area contributed by atoms with Crippen molar-refractivity contribution in [3.8, 4) is 0 Å². The predicted molar refractivity (Wildman–Crippen MR) is 102 cm³/mol. The van der Waals surface area contributed by atoms with Crippen molar-refractivity contribution in [1.29, 1.82) is 0 Å². The highest BCUT2D eigenvalue weighted by Crippen LogP contribution is 2.27. The van der Waals surface area contributed by atoms with Crippen LogP contribution in [0.5, 0.6) is 0 Å². The number of ether oxygens (including phenoxy) is 1. The third-order valence-electron chi connectivity index (χ3n) is 4.55. The van der Waals surface area contributed by atoms with Gasteiger partial charge in [0.2, 0.25) is 0 Å². The Kier molecular flexibility index (Phi) is 6.22. The number of fused-ring (bicyclic) bond motifs is 1. The van der Waals surface area contributed by atoms with Crippen LogP contribution in [-0.2, 0) is 17.5 Å². The minimum Gasteiger partial charge on any atom is -0.499 e. The molecule has 2 aromatic heterocycles. The Morgan fingerprint density at radius 2 is 1.96 bits per heavy atom. The molecule has 0 saturated heterocycles. The van der Waals surface area contributed by atoms with Crippen molar-refractivity contribution in [3.63, 3.8) is 0 Å². The third kappa shape index (κ3) is 4.29. The van der Waals surface area contributed by atoms with Crippen LogP contribution in [0.15, 0.2) is 29.1 Å². The van der Waals surface area contributed by atoms with Gasteiger partial charge in [-0.3, -0.25) is 4.79 Å². The van der Waals surface area contributed by atoms with Crippen molar-refractivity contribution in [2.75, 3.05) is 12.4 Å². The van der Waals surface area contributed by atoms with E-state index in [9.17, 15) is 18.0 Å². The molecule has 2 heterocycles. The standard InChI is InChI=1S/C19H19BrF3N3O2/c1-28-15-7-4-12(13-5-8-16(19(21,22)23)24-18(13)15)14-6-9-17(27)26(25-14)11-3-2-10-20/h5-6,8-9H,2-4,7,10-11H2,1H3. The number of hydrogen-bond acceptors (Lipinski definition) is 4. The molecule has 0 aliphatic heterocycles. The van der Waals surface area contributed by atoms with Gasteiger partial charge in [0, 0.05) is 29.6 Å². The van der Waals surface area contributed by atoms with Gasteiger partial charge in [0.15, 0.2) is 0 Å². The molecule has 0 atom stereocenters. The van der Waals surface area contributed by atoms with E-state index in [-0.39, 0.29) is 10.9 Å². The summed E-state index contributed by atoms with van der Waals surface area (Å²) in [6, 6.07) is 5.41. The van der Waals surface area contributed by atoms with Gasteiger partial charge in [-0.1, -0.05) is 22.0 Å². The van der Waals surface area contributed by atoms with Crippen molar-refractivity contribution < 1.29 is 17.9 Å². The Morgan fingerprint density at radius 1 is 1.18 bits per heavy atom. The molecule has 0 N–H and O–H groups in total. The summed E-state index contributed by atoms with van der Waals surface area (Å²) in [6.07, 6.45) is -1.88. The summed E-state index contributed by atoms with van der Waals surface area (Å²) in [6.45, 7) is 0.485. The van der Waals surface area contributed by atoms with Crippen LogP contribution in [0.2, 0.25) is 0 Å². The molecule has 0 bridgehead atoms. The van der Waals surface area contributed by atoms with E-state index >= 15 is 0 Å². The number of halogens is 4. The molecule has 1 aliphatic rings. The number of methoxy groups -OCH3 is 1. The Bertz CT molecular complexity index is 1050. The highest BCUT2D eigenvalue weighted by Gasteiger charge is 2.33. The molecule has 0 saturated carbocycles. The summed E-state index contributed by atoms with van der Waals surface area (Å²) in [5.74, 6) is 0.412. The topological polar surface area (TPSA) is 57.0 Å². The van der Waals surface area contributed by atoms with Gasteiger partial charge in [-0.2, -0.15) is 18.3 Å². The van der Waals surface area contributed by atoms with Crippen LogP contribution < -0.4 is 16.1 Å². The van der Waals surface area contributed by atoms with Crippen LogP contribution in [0.4, 0.5) is 13.2 Å². The second-order valence-corrected chi connectivity index (χ2v) is 7.17. The van der Waals surface area contributed by atoms with Gasteiger partial charge in [-0.25, -0.2) is 9.67 Å². The van der Waals surface area contributed by atoms with Gasteiger partial charge in [-0.05, 0) is 37.0 Å². The average molecular weight is 458 g/mol. The molecule has 0 radical (unpaired) electrons. The lowest BCUT2D eigenvalue weighted by Crippen LogP contribution is -2.38. The Labute approximate surface area is 167 Å². The predicted octanol–water partition coefficient (Wildman–Crippen LogP) is 2.58. The number of rotatable bonds is 6. The quantitative estimate of drug-likeness (QED) is 0.494. The maximum atomic E-state index is 13.1. The van der Waals surface area contributed by atoms with E-state index in [0.717, 1.165) is 29.8 Å². The second-order valence-electron chi connectivity index (χ2n) is 6.37. The van der Waals surface area contributed by atoms with Crippen molar-refractivity contribution >= 4 is 27.3 Å². The van der Waals surface area contributed by atoms with Crippen LogP contribution >= 0.6 is 15.9 Å². The molecule has 28 heavy (non-hydrogen) atoms. The Hall–Kier alpha value is -2.16. The summed E-state index contributed by atoms with van der Waals surface area (Å²) >= 11 is 3.36. The van der Waals surface area contributed by atoms with Gasteiger partial charge in [0.25, 0.3) is 5.56 Å². The normalized spacial score (nSPS) is 14.2. The number of nitrogens with zero attached hydrogens (tertiary/aromatic N) is 3. The molecule has 150 valence electrons. The third-order valence-corrected chi connectivity index (χ3v) is 5.11. The van der Waals surface area contributed by atoms with Crippen molar-refractivity contribution in [3.05, 3.63) is 56.6 Å². The second kappa shape index (κ2) is 8.46. The zero-order chi connectivity index (χ0) is 20.3. The minimum absolute atomic E-state index is 0.178. The molecule has 3 rings (SSSR count). The number of aryl methyl sites for hydroxylation is 1. The highest BCUT2D eigenvalue weighted by molar-refractivity contribution is 9.09. The van der Waals surface area contributed by atoms with Gasteiger partial charge in [0.1, 0.15) is 16.8 Å². The average Bonchev–Trinajstić information content (AvgIpc) is 2.67. The van der Waals surface area contributed by atoms with E-state index in [1.165, 1.54) is 23.9 Å². The summed E-state index contributed by atoms with van der Waals surface area (Å²) in [5.41, 5.74) is 0.155. The number of hydrogen-bond donors (Lipinski definition) is 0. The van der Waals surface area contributed by atoms with Crippen molar-refractivity contribution in [2.45, 2.75) is 38.4 Å². The fourth-order valence-electron chi connectivity index (χ4n) is 3.16. The number of alkyl halides is 4. The zero-order valence-electron chi connectivity index (χ0n) is 15.2. The van der Waals surface area contributed by atoms with Gasteiger partial charge in [-0.15, -0.1) is 0 Å².